The number of nitrogens with zero attached hydrogens (tertiary/aromatic N) is 2. The number of carbonyl (C=O) groups excluding carboxylic acids is 1. The minimum absolute atomic E-state index is 0.234. The Morgan fingerprint density at radius 1 is 1.19 bits per heavy atom. The number of aryl methyl sites for hydroxylation is 1. The van der Waals surface area contributed by atoms with Crippen LogP contribution < -0.4 is 20.1 Å². The molecule has 0 aliphatic carbocycles. The first-order valence-electron chi connectivity index (χ1n) is 8.77. The second kappa shape index (κ2) is 8.03. The van der Waals surface area contributed by atoms with Crippen molar-refractivity contribution < 1.29 is 14.3 Å². The third-order valence-corrected chi connectivity index (χ3v) is 3.98. The highest BCUT2D eigenvalue weighted by Gasteiger charge is 2.14. The highest BCUT2D eigenvalue weighted by Crippen LogP contribution is 2.32. The van der Waals surface area contributed by atoms with E-state index in [4.69, 9.17) is 9.47 Å². The Bertz CT molecular complexity index is 792. The molecule has 3 rings (SSSR count). The molecule has 1 aromatic carbocycles. The average molecular weight is 356 g/mol. The van der Waals surface area contributed by atoms with Crippen molar-refractivity contribution in [1.29, 1.82) is 0 Å². The van der Waals surface area contributed by atoms with Crippen molar-refractivity contribution >= 4 is 11.9 Å². The molecular weight excluding hydrogens is 332 g/mol. The number of hydrogen-bond acceptors (Lipinski definition) is 6. The van der Waals surface area contributed by atoms with E-state index in [1.165, 1.54) is 0 Å². The van der Waals surface area contributed by atoms with E-state index in [0.29, 0.717) is 29.9 Å². The van der Waals surface area contributed by atoms with Crippen LogP contribution in [-0.4, -0.2) is 29.2 Å². The van der Waals surface area contributed by atoms with Gasteiger partial charge in [0.1, 0.15) is 5.69 Å². The van der Waals surface area contributed by atoms with Crippen LogP contribution in [0.4, 0.5) is 5.95 Å². The van der Waals surface area contributed by atoms with Crippen LogP contribution in [0.3, 0.4) is 0 Å². The first-order valence-corrected chi connectivity index (χ1v) is 8.77. The van der Waals surface area contributed by atoms with Crippen LogP contribution in [0.5, 0.6) is 11.5 Å². The highest BCUT2D eigenvalue weighted by molar-refractivity contribution is 5.92. The summed E-state index contributed by atoms with van der Waals surface area (Å²) in [7, 11) is 0. The van der Waals surface area contributed by atoms with Crippen molar-refractivity contribution in [3.05, 3.63) is 41.2 Å². The molecule has 1 aliphatic heterocycles. The lowest BCUT2D eigenvalue weighted by Gasteiger charge is -2.10. The van der Waals surface area contributed by atoms with E-state index < -0.39 is 0 Å². The van der Waals surface area contributed by atoms with E-state index in [1.54, 1.807) is 6.07 Å². The molecule has 1 aliphatic rings. The normalized spacial score (nSPS) is 12.3. The number of aromatic nitrogens is 2. The van der Waals surface area contributed by atoms with Gasteiger partial charge in [0.15, 0.2) is 11.5 Å². The summed E-state index contributed by atoms with van der Waals surface area (Å²) in [5.41, 5.74) is 2.04. The topological polar surface area (TPSA) is 85.4 Å². The van der Waals surface area contributed by atoms with Gasteiger partial charge in [-0.15, -0.1) is 0 Å². The molecule has 26 heavy (non-hydrogen) atoms. The van der Waals surface area contributed by atoms with Crippen molar-refractivity contribution in [1.82, 2.24) is 15.3 Å². The van der Waals surface area contributed by atoms with Crippen LogP contribution in [0.25, 0.3) is 0 Å². The van der Waals surface area contributed by atoms with Crippen LogP contribution in [0.1, 0.15) is 42.0 Å². The summed E-state index contributed by atoms with van der Waals surface area (Å²) < 4.78 is 10.6. The fraction of sp³-hybridized carbons (Fsp3) is 0.421. The van der Waals surface area contributed by atoms with Gasteiger partial charge in [-0.1, -0.05) is 19.9 Å². The first-order chi connectivity index (χ1) is 12.5. The summed E-state index contributed by atoms with van der Waals surface area (Å²) >= 11 is 0. The van der Waals surface area contributed by atoms with Crippen LogP contribution in [-0.2, 0) is 6.54 Å². The van der Waals surface area contributed by atoms with Gasteiger partial charge in [-0.25, -0.2) is 9.97 Å². The van der Waals surface area contributed by atoms with Gasteiger partial charge < -0.3 is 20.1 Å². The second-order valence-electron chi connectivity index (χ2n) is 6.70. The monoisotopic (exact) mass is 356 g/mol. The predicted molar refractivity (Wildman–Crippen MR) is 98.4 cm³/mol. The number of carbonyl (C=O) groups is 1. The molecule has 0 saturated carbocycles. The molecule has 0 fully saturated rings. The SMILES string of the molecule is Cc1cc(C(=O)NCc2ccc3c(c2)OCO3)nc(NCCC(C)C)n1. The summed E-state index contributed by atoms with van der Waals surface area (Å²) in [5.74, 6) is 2.27. The van der Waals surface area contributed by atoms with E-state index in [-0.39, 0.29) is 12.7 Å². The van der Waals surface area contributed by atoms with Crippen molar-refractivity contribution in [2.45, 2.75) is 33.7 Å². The van der Waals surface area contributed by atoms with E-state index >= 15 is 0 Å². The zero-order chi connectivity index (χ0) is 18.5. The smallest absolute Gasteiger partial charge is 0.270 e. The number of ether oxygens (including phenoxy) is 2. The Hall–Kier alpha value is -2.83. The van der Waals surface area contributed by atoms with Gasteiger partial charge in [0, 0.05) is 18.8 Å². The molecule has 7 nitrogen and oxygen atoms in total. The van der Waals surface area contributed by atoms with E-state index in [0.717, 1.165) is 30.0 Å². The summed E-state index contributed by atoms with van der Waals surface area (Å²) in [4.78, 5) is 21.1. The molecule has 138 valence electrons. The molecule has 0 saturated heterocycles. The largest absolute Gasteiger partial charge is 0.454 e. The molecular formula is C19H24N4O3. The molecule has 0 unspecified atom stereocenters. The van der Waals surface area contributed by atoms with Gasteiger partial charge in [-0.2, -0.15) is 0 Å². The summed E-state index contributed by atoms with van der Waals surface area (Å²) in [6.07, 6.45) is 1.02. The molecule has 2 heterocycles. The lowest BCUT2D eigenvalue weighted by molar-refractivity contribution is 0.0945. The fourth-order valence-electron chi connectivity index (χ4n) is 2.56. The zero-order valence-corrected chi connectivity index (χ0v) is 15.3. The first kappa shape index (κ1) is 18.0. The molecule has 1 aromatic heterocycles. The average Bonchev–Trinajstić information content (AvgIpc) is 3.06. The lowest BCUT2D eigenvalue weighted by Crippen LogP contribution is -2.24. The molecule has 0 spiro atoms. The van der Waals surface area contributed by atoms with Crippen LogP contribution in [0, 0.1) is 12.8 Å². The Kier molecular flexibility index (Phi) is 5.55. The molecule has 2 N–H and O–H groups in total. The summed E-state index contributed by atoms with van der Waals surface area (Å²) in [5, 5.41) is 6.06. The third-order valence-electron chi connectivity index (χ3n) is 3.98. The molecule has 1 amide bonds. The molecule has 0 atom stereocenters. The van der Waals surface area contributed by atoms with Crippen LogP contribution >= 0.6 is 0 Å². The van der Waals surface area contributed by atoms with Gasteiger partial charge in [-0.05, 0) is 43.0 Å². The van der Waals surface area contributed by atoms with Gasteiger partial charge in [-0.3, -0.25) is 4.79 Å². The third kappa shape index (κ3) is 4.62. The van der Waals surface area contributed by atoms with Crippen LogP contribution in [0.15, 0.2) is 24.3 Å². The van der Waals surface area contributed by atoms with Crippen molar-refractivity contribution in [2.75, 3.05) is 18.7 Å². The van der Waals surface area contributed by atoms with Crippen molar-refractivity contribution in [2.24, 2.45) is 5.92 Å². The highest BCUT2D eigenvalue weighted by atomic mass is 16.7. The lowest BCUT2D eigenvalue weighted by atomic mass is 10.1. The van der Waals surface area contributed by atoms with Gasteiger partial charge in [0.05, 0.1) is 0 Å². The second-order valence-corrected chi connectivity index (χ2v) is 6.70. The number of nitrogens with one attached hydrogen (secondary N) is 2. The Labute approximate surface area is 153 Å². The fourth-order valence-corrected chi connectivity index (χ4v) is 2.56. The maximum atomic E-state index is 12.5. The number of hydrogen-bond donors (Lipinski definition) is 2. The Morgan fingerprint density at radius 2 is 2.00 bits per heavy atom. The van der Waals surface area contributed by atoms with Gasteiger partial charge in [0.2, 0.25) is 12.7 Å². The van der Waals surface area contributed by atoms with Gasteiger partial charge in [0.25, 0.3) is 5.91 Å². The standard InChI is InChI=1S/C19H24N4O3/c1-12(2)6-7-20-19-22-13(3)8-15(23-19)18(24)21-10-14-4-5-16-17(9-14)26-11-25-16/h4-5,8-9,12H,6-7,10-11H2,1-3H3,(H,21,24)(H,20,22,23). The Morgan fingerprint density at radius 3 is 2.81 bits per heavy atom. The number of fused-ring (bicyclic) bond motifs is 1. The minimum Gasteiger partial charge on any atom is -0.454 e. The van der Waals surface area contributed by atoms with E-state index in [2.05, 4.69) is 34.4 Å². The molecule has 0 radical (unpaired) electrons. The summed E-state index contributed by atoms with van der Waals surface area (Å²) in [6.45, 7) is 7.57. The zero-order valence-electron chi connectivity index (χ0n) is 15.3. The van der Waals surface area contributed by atoms with E-state index in [1.807, 2.05) is 25.1 Å². The van der Waals surface area contributed by atoms with Crippen molar-refractivity contribution in [3.63, 3.8) is 0 Å². The number of benzene rings is 1. The molecule has 2 aromatic rings. The predicted octanol–water partition coefficient (Wildman–Crippen LogP) is 2.90. The quantitative estimate of drug-likeness (QED) is 0.793. The molecule has 7 heteroatoms. The number of rotatable bonds is 7. The van der Waals surface area contributed by atoms with Crippen molar-refractivity contribution in [3.8, 4) is 11.5 Å². The maximum Gasteiger partial charge on any atom is 0.270 e. The Balaban J connectivity index is 1.61. The van der Waals surface area contributed by atoms with Crippen LogP contribution in [0.2, 0.25) is 0 Å². The minimum atomic E-state index is -0.236. The van der Waals surface area contributed by atoms with E-state index in [9.17, 15) is 4.79 Å². The summed E-state index contributed by atoms with van der Waals surface area (Å²) in [6, 6.07) is 7.29. The maximum absolute atomic E-state index is 12.5. The van der Waals surface area contributed by atoms with Gasteiger partial charge >= 0.3 is 0 Å². The number of anilines is 1. The molecule has 0 bridgehead atoms. The number of amides is 1.